The molecule has 0 spiro atoms. The number of anilines is 1. The van der Waals surface area contributed by atoms with Crippen molar-refractivity contribution in [3.05, 3.63) is 60.8 Å². The maximum Gasteiger partial charge on any atom is 0.319 e. The van der Waals surface area contributed by atoms with Crippen LogP contribution in [0.25, 0.3) is 11.3 Å². The first-order chi connectivity index (χ1) is 11.2. The number of amides is 2. The smallest absolute Gasteiger partial charge is 0.319 e. The Balaban J connectivity index is 1.55. The van der Waals surface area contributed by atoms with Gasteiger partial charge in [-0.2, -0.15) is 5.10 Å². The van der Waals surface area contributed by atoms with E-state index in [0.29, 0.717) is 12.2 Å². The van der Waals surface area contributed by atoms with Crippen LogP contribution in [0.4, 0.5) is 10.5 Å². The molecule has 0 aromatic carbocycles. The van der Waals surface area contributed by atoms with E-state index in [1.54, 1.807) is 41.6 Å². The number of carbonyl (C=O) groups excluding carboxylic acids is 1. The Morgan fingerprint density at radius 2 is 2.13 bits per heavy atom. The molecule has 23 heavy (non-hydrogen) atoms. The molecule has 7 heteroatoms. The second-order valence-electron chi connectivity index (χ2n) is 5.00. The van der Waals surface area contributed by atoms with Crippen molar-refractivity contribution in [1.29, 1.82) is 0 Å². The average Bonchev–Trinajstić information content (AvgIpc) is 3.01. The third-order valence-corrected chi connectivity index (χ3v) is 3.20. The molecule has 0 aliphatic heterocycles. The van der Waals surface area contributed by atoms with Crippen LogP contribution in [0.15, 0.2) is 55.2 Å². The van der Waals surface area contributed by atoms with E-state index in [2.05, 4.69) is 25.7 Å². The van der Waals surface area contributed by atoms with E-state index in [1.165, 1.54) is 0 Å². The molecule has 0 radical (unpaired) electrons. The minimum absolute atomic E-state index is 0.283. The van der Waals surface area contributed by atoms with Crippen molar-refractivity contribution in [3.63, 3.8) is 0 Å². The van der Waals surface area contributed by atoms with Gasteiger partial charge in [0.1, 0.15) is 0 Å². The molecule has 0 aliphatic carbocycles. The molecule has 0 saturated carbocycles. The summed E-state index contributed by atoms with van der Waals surface area (Å²) in [5, 5.41) is 9.61. The zero-order chi connectivity index (χ0) is 16.1. The van der Waals surface area contributed by atoms with E-state index in [0.717, 1.165) is 16.8 Å². The number of aryl methyl sites for hydroxylation is 1. The molecular formula is C16H16N6O. The Bertz CT molecular complexity index is 782. The van der Waals surface area contributed by atoms with Crippen molar-refractivity contribution in [2.75, 3.05) is 5.32 Å². The third kappa shape index (κ3) is 3.91. The Morgan fingerprint density at radius 1 is 1.22 bits per heavy atom. The topological polar surface area (TPSA) is 84.7 Å². The Hall–Kier alpha value is -3.22. The molecule has 0 fully saturated rings. The maximum atomic E-state index is 11.8. The first kappa shape index (κ1) is 14.7. The largest absolute Gasteiger partial charge is 0.334 e. The number of urea groups is 1. The van der Waals surface area contributed by atoms with Crippen LogP contribution in [-0.4, -0.2) is 25.8 Å². The maximum absolute atomic E-state index is 11.8. The summed E-state index contributed by atoms with van der Waals surface area (Å²) in [7, 11) is 1.86. The zero-order valence-corrected chi connectivity index (χ0v) is 12.6. The lowest BCUT2D eigenvalue weighted by Gasteiger charge is -2.07. The highest BCUT2D eigenvalue weighted by Crippen LogP contribution is 2.15. The molecule has 2 N–H and O–H groups in total. The first-order valence-electron chi connectivity index (χ1n) is 7.09. The lowest BCUT2D eigenvalue weighted by Crippen LogP contribution is -2.28. The van der Waals surface area contributed by atoms with Gasteiger partial charge in [-0.25, -0.2) is 4.79 Å². The molecule has 0 unspecified atom stereocenters. The monoisotopic (exact) mass is 308 g/mol. The van der Waals surface area contributed by atoms with Crippen LogP contribution in [0.3, 0.4) is 0 Å². The second-order valence-corrected chi connectivity index (χ2v) is 5.00. The summed E-state index contributed by atoms with van der Waals surface area (Å²) in [6.07, 6.45) is 8.65. The number of hydrogen-bond donors (Lipinski definition) is 2. The van der Waals surface area contributed by atoms with Crippen LogP contribution < -0.4 is 10.6 Å². The average molecular weight is 308 g/mol. The molecule has 3 aromatic heterocycles. The van der Waals surface area contributed by atoms with Crippen LogP contribution in [0, 0.1) is 0 Å². The molecule has 3 rings (SSSR count). The third-order valence-electron chi connectivity index (χ3n) is 3.20. The summed E-state index contributed by atoms with van der Waals surface area (Å²) >= 11 is 0. The Labute approximate surface area is 133 Å². The van der Waals surface area contributed by atoms with Gasteiger partial charge in [0.25, 0.3) is 0 Å². The number of aromatic nitrogens is 4. The minimum Gasteiger partial charge on any atom is -0.334 e. The highest BCUT2D eigenvalue weighted by Gasteiger charge is 2.04. The Morgan fingerprint density at radius 3 is 2.78 bits per heavy atom. The van der Waals surface area contributed by atoms with E-state index < -0.39 is 0 Å². The van der Waals surface area contributed by atoms with Crippen molar-refractivity contribution in [1.82, 2.24) is 25.1 Å². The molecule has 3 aromatic rings. The molecule has 7 nitrogen and oxygen atoms in total. The van der Waals surface area contributed by atoms with Crippen molar-refractivity contribution >= 4 is 11.7 Å². The van der Waals surface area contributed by atoms with Gasteiger partial charge >= 0.3 is 6.03 Å². The van der Waals surface area contributed by atoms with Crippen LogP contribution >= 0.6 is 0 Å². The quantitative estimate of drug-likeness (QED) is 0.774. The predicted octanol–water partition coefficient (Wildman–Crippen LogP) is 2.20. The highest BCUT2D eigenvalue weighted by molar-refractivity contribution is 5.88. The first-order valence-corrected chi connectivity index (χ1v) is 7.09. The second kappa shape index (κ2) is 6.69. The molecule has 0 bridgehead atoms. The number of nitrogens with one attached hydrogen (secondary N) is 2. The number of rotatable bonds is 4. The lowest BCUT2D eigenvalue weighted by atomic mass is 10.2. The summed E-state index contributed by atoms with van der Waals surface area (Å²) in [5.74, 6) is 0. The summed E-state index contributed by atoms with van der Waals surface area (Å²) in [4.78, 5) is 20.1. The van der Waals surface area contributed by atoms with Crippen LogP contribution in [0.5, 0.6) is 0 Å². The number of pyridine rings is 2. The fourth-order valence-corrected chi connectivity index (χ4v) is 2.05. The highest BCUT2D eigenvalue weighted by atomic mass is 16.2. The van der Waals surface area contributed by atoms with Crippen LogP contribution in [-0.2, 0) is 13.6 Å². The van der Waals surface area contributed by atoms with Crippen molar-refractivity contribution in [3.8, 4) is 11.3 Å². The number of hydrogen-bond acceptors (Lipinski definition) is 4. The van der Waals surface area contributed by atoms with Gasteiger partial charge in [0.05, 0.1) is 23.8 Å². The van der Waals surface area contributed by atoms with Gasteiger partial charge in [0.2, 0.25) is 0 Å². The van der Waals surface area contributed by atoms with E-state index in [-0.39, 0.29) is 6.03 Å². The number of carbonyl (C=O) groups is 1. The molecule has 0 aliphatic rings. The van der Waals surface area contributed by atoms with Gasteiger partial charge < -0.3 is 10.6 Å². The van der Waals surface area contributed by atoms with E-state index in [1.807, 2.05) is 25.4 Å². The van der Waals surface area contributed by atoms with Gasteiger partial charge in [-0.15, -0.1) is 0 Å². The fraction of sp³-hybridized carbons (Fsp3) is 0.125. The molecule has 0 saturated heterocycles. The molecule has 116 valence electrons. The van der Waals surface area contributed by atoms with Gasteiger partial charge in [0, 0.05) is 37.7 Å². The summed E-state index contributed by atoms with van der Waals surface area (Å²) < 4.78 is 1.73. The predicted molar refractivity (Wildman–Crippen MR) is 86.5 cm³/mol. The van der Waals surface area contributed by atoms with Gasteiger partial charge in [-0.3, -0.25) is 14.6 Å². The van der Waals surface area contributed by atoms with Crippen molar-refractivity contribution in [2.45, 2.75) is 6.54 Å². The normalized spacial score (nSPS) is 10.3. The molecule has 3 heterocycles. The van der Waals surface area contributed by atoms with Gasteiger partial charge in [-0.05, 0) is 23.8 Å². The zero-order valence-electron chi connectivity index (χ0n) is 12.6. The van der Waals surface area contributed by atoms with Crippen LogP contribution in [0.1, 0.15) is 5.56 Å². The van der Waals surface area contributed by atoms with E-state index in [4.69, 9.17) is 0 Å². The van der Waals surface area contributed by atoms with E-state index >= 15 is 0 Å². The van der Waals surface area contributed by atoms with Crippen LogP contribution in [0.2, 0.25) is 0 Å². The van der Waals surface area contributed by atoms with Gasteiger partial charge in [-0.1, -0.05) is 6.07 Å². The standard InChI is InChI=1S/C16H16N6O/c1-22-11-13(9-20-22)15-5-4-12(7-18-15)8-19-16(23)21-14-3-2-6-17-10-14/h2-7,9-11H,8H2,1H3,(H2,19,21,23). The fourth-order valence-electron chi connectivity index (χ4n) is 2.05. The summed E-state index contributed by atoms with van der Waals surface area (Å²) in [6, 6.07) is 7.09. The number of nitrogens with zero attached hydrogens (tertiary/aromatic N) is 4. The molecular weight excluding hydrogens is 292 g/mol. The SMILES string of the molecule is Cn1cc(-c2ccc(CNC(=O)Nc3cccnc3)cn2)cn1. The van der Waals surface area contributed by atoms with Gasteiger partial charge in [0.15, 0.2) is 0 Å². The van der Waals surface area contributed by atoms with Crippen molar-refractivity contribution in [2.24, 2.45) is 7.05 Å². The Kier molecular flexibility index (Phi) is 4.28. The molecule has 0 atom stereocenters. The summed E-state index contributed by atoms with van der Waals surface area (Å²) in [5.41, 5.74) is 3.37. The summed E-state index contributed by atoms with van der Waals surface area (Å²) in [6.45, 7) is 0.395. The minimum atomic E-state index is -0.283. The lowest BCUT2D eigenvalue weighted by molar-refractivity contribution is 0.251. The molecule has 2 amide bonds. The van der Waals surface area contributed by atoms with E-state index in [9.17, 15) is 4.79 Å². The van der Waals surface area contributed by atoms with Crippen molar-refractivity contribution < 1.29 is 4.79 Å².